The van der Waals surface area contributed by atoms with Crippen LogP contribution in [0.4, 0.5) is 11.4 Å². The van der Waals surface area contributed by atoms with Crippen LogP contribution in [0.1, 0.15) is 36.2 Å². The molecule has 0 fully saturated rings. The molecule has 0 spiro atoms. The van der Waals surface area contributed by atoms with Crippen molar-refractivity contribution in [3.05, 3.63) is 71.8 Å². The summed E-state index contributed by atoms with van der Waals surface area (Å²) in [7, 11) is 3.08. The zero-order valence-electron chi connectivity index (χ0n) is 21.2. The lowest BCUT2D eigenvalue weighted by Crippen LogP contribution is -2.24. The molecule has 4 aromatic rings. The standard InChI is InChI=1S/C28H29N3O4S2/c1-5-17-7-10-19(11-8-17)29-27(33)24(6-2)36-28-31-21-13-12-20(16-25(21)37-28)30-26(32)18-9-14-22(34-3)23(15-18)35-4/h7-16,24H,5-6H2,1-4H3,(H,29,33)(H,30,32). The predicted octanol–water partition coefficient (Wildman–Crippen LogP) is 6.64. The maximum Gasteiger partial charge on any atom is 0.255 e. The normalized spacial score (nSPS) is 11.7. The van der Waals surface area contributed by atoms with Crippen molar-refractivity contribution >= 4 is 56.5 Å². The largest absolute Gasteiger partial charge is 0.493 e. The highest BCUT2D eigenvalue weighted by Gasteiger charge is 2.20. The molecule has 3 aromatic carbocycles. The number of hydrogen-bond donors (Lipinski definition) is 2. The van der Waals surface area contributed by atoms with Crippen LogP contribution in [0.15, 0.2) is 65.0 Å². The molecule has 0 bridgehead atoms. The minimum Gasteiger partial charge on any atom is -0.493 e. The fourth-order valence-electron chi connectivity index (χ4n) is 3.70. The number of rotatable bonds is 10. The first-order valence-electron chi connectivity index (χ1n) is 11.9. The van der Waals surface area contributed by atoms with Crippen molar-refractivity contribution in [1.82, 2.24) is 4.98 Å². The fourth-order valence-corrected chi connectivity index (χ4v) is 5.98. The molecule has 9 heteroatoms. The molecule has 0 aliphatic rings. The number of carbonyl (C=O) groups is 2. The second-order valence-electron chi connectivity index (χ2n) is 8.24. The highest BCUT2D eigenvalue weighted by Crippen LogP contribution is 2.35. The van der Waals surface area contributed by atoms with Gasteiger partial charge in [-0.1, -0.05) is 37.7 Å². The van der Waals surface area contributed by atoms with Gasteiger partial charge < -0.3 is 20.1 Å². The average molecular weight is 536 g/mol. The Hall–Kier alpha value is -3.56. The van der Waals surface area contributed by atoms with Gasteiger partial charge in [0.15, 0.2) is 15.8 Å². The van der Waals surface area contributed by atoms with Crippen molar-refractivity contribution < 1.29 is 19.1 Å². The molecule has 1 unspecified atom stereocenters. The molecule has 0 saturated heterocycles. The Morgan fingerprint density at radius 3 is 2.32 bits per heavy atom. The summed E-state index contributed by atoms with van der Waals surface area (Å²) in [6, 6.07) is 18.5. The Bertz CT molecular complexity index is 1400. The maximum absolute atomic E-state index is 12.9. The van der Waals surface area contributed by atoms with Crippen LogP contribution >= 0.6 is 23.1 Å². The van der Waals surface area contributed by atoms with E-state index in [1.54, 1.807) is 25.3 Å². The summed E-state index contributed by atoms with van der Waals surface area (Å²) in [6.45, 7) is 4.09. The van der Waals surface area contributed by atoms with Crippen molar-refractivity contribution in [2.24, 2.45) is 0 Å². The molecule has 0 aliphatic carbocycles. The molecule has 37 heavy (non-hydrogen) atoms. The van der Waals surface area contributed by atoms with Crippen LogP contribution in [0.25, 0.3) is 10.2 Å². The number of thiazole rings is 1. The number of nitrogens with zero attached hydrogens (tertiary/aromatic N) is 1. The number of ether oxygens (including phenoxy) is 2. The Morgan fingerprint density at radius 1 is 0.919 bits per heavy atom. The highest BCUT2D eigenvalue weighted by atomic mass is 32.2. The van der Waals surface area contributed by atoms with E-state index in [0.717, 1.165) is 26.7 Å². The summed E-state index contributed by atoms with van der Waals surface area (Å²) >= 11 is 2.96. The number of aryl methyl sites for hydroxylation is 1. The van der Waals surface area contributed by atoms with Crippen LogP contribution in [-0.4, -0.2) is 36.3 Å². The van der Waals surface area contributed by atoms with Crippen molar-refractivity contribution in [3.63, 3.8) is 0 Å². The number of thioether (sulfide) groups is 1. The molecule has 4 rings (SSSR count). The summed E-state index contributed by atoms with van der Waals surface area (Å²) in [5.41, 5.74) is 3.96. The van der Waals surface area contributed by atoms with E-state index in [1.807, 2.05) is 49.4 Å². The van der Waals surface area contributed by atoms with Crippen molar-refractivity contribution in [3.8, 4) is 11.5 Å². The van der Waals surface area contributed by atoms with Gasteiger partial charge in [0.25, 0.3) is 5.91 Å². The lowest BCUT2D eigenvalue weighted by molar-refractivity contribution is -0.115. The van der Waals surface area contributed by atoms with Gasteiger partial charge in [0.1, 0.15) is 0 Å². The van der Waals surface area contributed by atoms with Crippen molar-refractivity contribution in [1.29, 1.82) is 0 Å². The molecule has 0 aliphatic heterocycles. The number of aromatic nitrogens is 1. The van der Waals surface area contributed by atoms with E-state index in [9.17, 15) is 9.59 Å². The lowest BCUT2D eigenvalue weighted by Gasteiger charge is -2.13. The monoisotopic (exact) mass is 535 g/mol. The molecule has 192 valence electrons. The number of fused-ring (bicyclic) bond motifs is 1. The lowest BCUT2D eigenvalue weighted by atomic mass is 10.1. The van der Waals surface area contributed by atoms with Crippen LogP contribution < -0.4 is 20.1 Å². The van der Waals surface area contributed by atoms with E-state index >= 15 is 0 Å². The first-order chi connectivity index (χ1) is 17.9. The molecule has 2 amide bonds. The van der Waals surface area contributed by atoms with E-state index < -0.39 is 0 Å². The van der Waals surface area contributed by atoms with Crippen LogP contribution in [0.5, 0.6) is 11.5 Å². The molecule has 0 radical (unpaired) electrons. The van der Waals surface area contributed by atoms with E-state index in [1.165, 1.54) is 35.8 Å². The summed E-state index contributed by atoms with van der Waals surface area (Å²) in [5.74, 6) is 0.749. The predicted molar refractivity (Wildman–Crippen MR) is 152 cm³/mol. The Morgan fingerprint density at radius 2 is 1.65 bits per heavy atom. The van der Waals surface area contributed by atoms with Crippen LogP contribution in [-0.2, 0) is 11.2 Å². The van der Waals surface area contributed by atoms with Crippen LogP contribution in [0, 0.1) is 0 Å². The van der Waals surface area contributed by atoms with Gasteiger partial charge in [-0.05, 0) is 66.9 Å². The summed E-state index contributed by atoms with van der Waals surface area (Å²) in [6.07, 6.45) is 1.63. The van der Waals surface area contributed by atoms with Gasteiger partial charge in [0.2, 0.25) is 5.91 Å². The Labute approximate surface area is 224 Å². The van der Waals surface area contributed by atoms with Crippen molar-refractivity contribution in [2.45, 2.75) is 36.3 Å². The van der Waals surface area contributed by atoms with Gasteiger partial charge in [-0.3, -0.25) is 9.59 Å². The molecular formula is C28H29N3O4S2. The van der Waals surface area contributed by atoms with Gasteiger partial charge >= 0.3 is 0 Å². The van der Waals surface area contributed by atoms with Gasteiger partial charge in [-0.15, -0.1) is 11.3 Å². The molecule has 7 nitrogen and oxygen atoms in total. The third-order valence-electron chi connectivity index (χ3n) is 5.81. The number of benzene rings is 3. The third-order valence-corrected chi connectivity index (χ3v) is 8.28. The molecule has 1 atom stereocenters. The van der Waals surface area contributed by atoms with Gasteiger partial charge in [-0.2, -0.15) is 0 Å². The quantitative estimate of drug-likeness (QED) is 0.221. The second kappa shape index (κ2) is 12.1. The van der Waals surface area contributed by atoms with Gasteiger partial charge in [0, 0.05) is 16.9 Å². The molecular weight excluding hydrogens is 506 g/mol. The molecule has 1 aromatic heterocycles. The first-order valence-corrected chi connectivity index (χ1v) is 13.6. The Kier molecular flexibility index (Phi) is 8.68. The molecule has 1 heterocycles. The second-order valence-corrected chi connectivity index (χ2v) is 10.7. The summed E-state index contributed by atoms with van der Waals surface area (Å²) in [5, 5.41) is 5.67. The highest BCUT2D eigenvalue weighted by molar-refractivity contribution is 8.02. The number of amides is 2. The van der Waals surface area contributed by atoms with Gasteiger partial charge in [-0.25, -0.2) is 4.98 Å². The number of hydrogen-bond acceptors (Lipinski definition) is 7. The smallest absolute Gasteiger partial charge is 0.255 e. The summed E-state index contributed by atoms with van der Waals surface area (Å²) < 4.78 is 12.3. The average Bonchev–Trinajstić information content (AvgIpc) is 3.33. The van der Waals surface area contributed by atoms with Crippen LogP contribution in [0.2, 0.25) is 0 Å². The Balaban J connectivity index is 1.44. The SMILES string of the molecule is CCc1ccc(NC(=O)C(CC)Sc2nc3ccc(NC(=O)c4ccc(OC)c(OC)c4)cc3s2)cc1. The van der Waals surface area contributed by atoms with E-state index in [2.05, 4.69) is 17.6 Å². The third kappa shape index (κ3) is 6.42. The number of nitrogens with one attached hydrogen (secondary N) is 2. The zero-order valence-corrected chi connectivity index (χ0v) is 22.8. The maximum atomic E-state index is 12.9. The van der Waals surface area contributed by atoms with E-state index in [-0.39, 0.29) is 17.1 Å². The topological polar surface area (TPSA) is 89.6 Å². The fraction of sp³-hybridized carbons (Fsp3) is 0.250. The zero-order chi connectivity index (χ0) is 26.4. The van der Waals surface area contributed by atoms with Crippen molar-refractivity contribution in [2.75, 3.05) is 24.9 Å². The first kappa shape index (κ1) is 26.5. The summed E-state index contributed by atoms with van der Waals surface area (Å²) in [4.78, 5) is 30.4. The number of anilines is 2. The minimum atomic E-state index is -0.268. The minimum absolute atomic E-state index is 0.0427. The van der Waals surface area contributed by atoms with Crippen LogP contribution in [0.3, 0.4) is 0 Å². The molecule has 0 saturated carbocycles. The van der Waals surface area contributed by atoms with E-state index in [0.29, 0.717) is 29.2 Å². The molecule has 2 N–H and O–H groups in total. The number of methoxy groups -OCH3 is 2. The van der Waals surface area contributed by atoms with E-state index in [4.69, 9.17) is 14.5 Å². The van der Waals surface area contributed by atoms with Gasteiger partial charge in [0.05, 0.1) is 29.7 Å². The number of carbonyl (C=O) groups excluding carboxylic acids is 2.